The zero-order valence-electron chi connectivity index (χ0n) is 9.20. The largest absolute Gasteiger partial charge is 0.339 e. The van der Waals surface area contributed by atoms with E-state index in [4.69, 9.17) is 0 Å². The third-order valence-corrected chi connectivity index (χ3v) is 3.48. The summed E-state index contributed by atoms with van der Waals surface area (Å²) in [5, 5.41) is 0. The van der Waals surface area contributed by atoms with Crippen LogP contribution in [-0.2, 0) is 4.79 Å². The Labute approximate surface area is 86.1 Å². The van der Waals surface area contributed by atoms with Crippen LogP contribution in [0.4, 0.5) is 0 Å². The number of piperidine rings is 1. The van der Waals surface area contributed by atoms with Crippen LogP contribution in [0.1, 0.15) is 26.2 Å². The maximum Gasteiger partial charge on any atom is 0.223 e. The van der Waals surface area contributed by atoms with Crippen molar-refractivity contribution >= 4 is 5.91 Å². The average Bonchev–Trinajstić information content (AvgIpc) is 2.47. The summed E-state index contributed by atoms with van der Waals surface area (Å²) in [7, 11) is 2.16. The van der Waals surface area contributed by atoms with Crippen LogP contribution in [0.15, 0.2) is 0 Å². The lowest BCUT2D eigenvalue weighted by Gasteiger charge is -2.35. The maximum absolute atomic E-state index is 11.7. The van der Waals surface area contributed by atoms with Gasteiger partial charge in [0, 0.05) is 19.0 Å². The summed E-state index contributed by atoms with van der Waals surface area (Å²) in [4.78, 5) is 16.1. The smallest absolute Gasteiger partial charge is 0.223 e. The number of amides is 1. The van der Waals surface area contributed by atoms with Crippen molar-refractivity contribution in [2.45, 2.75) is 32.2 Å². The van der Waals surface area contributed by atoms with Gasteiger partial charge in [0.1, 0.15) is 0 Å². The van der Waals surface area contributed by atoms with Gasteiger partial charge in [0.2, 0.25) is 5.91 Å². The van der Waals surface area contributed by atoms with E-state index in [-0.39, 0.29) is 0 Å². The number of carbonyl (C=O) groups is 1. The van der Waals surface area contributed by atoms with Crippen LogP contribution in [0.5, 0.6) is 0 Å². The quantitative estimate of drug-likeness (QED) is 0.623. The van der Waals surface area contributed by atoms with Gasteiger partial charge in [-0.3, -0.25) is 4.79 Å². The highest BCUT2D eigenvalue weighted by Crippen LogP contribution is 2.24. The van der Waals surface area contributed by atoms with Crippen molar-refractivity contribution < 1.29 is 4.79 Å². The zero-order valence-corrected chi connectivity index (χ0v) is 9.20. The standard InChI is InChI=1S/C11H20N2O/c1-9-7-11(14)13(8-9)10-3-5-12(2)6-4-10/h9-10H,3-8H2,1-2H3. The molecule has 2 rings (SSSR count). The first-order chi connectivity index (χ1) is 6.66. The van der Waals surface area contributed by atoms with Crippen LogP contribution >= 0.6 is 0 Å². The minimum Gasteiger partial charge on any atom is -0.339 e. The van der Waals surface area contributed by atoms with E-state index in [9.17, 15) is 4.79 Å². The first-order valence-electron chi connectivity index (χ1n) is 5.65. The van der Waals surface area contributed by atoms with Crippen LogP contribution in [0, 0.1) is 5.92 Å². The fourth-order valence-electron chi connectivity index (χ4n) is 2.58. The van der Waals surface area contributed by atoms with Crippen molar-refractivity contribution in [2.24, 2.45) is 5.92 Å². The zero-order chi connectivity index (χ0) is 10.1. The molecule has 0 aliphatic carbocycles. The SMILES string of the molecule is CC1CC(=O)N(C2CCN(C)CC2)C1. The van der Waals surface area contributed by atoms with Gasteiger partial charge >= 0.3 is 0 Å². The second-order valence-electron chi connectivity index (χ2n) is 4.89. The molecule has 1 amide bonds. The molecule has 0 N–H and O–H groups in total. The molecule has 0 aromatic carbocycles. The predicted molar refractivity (Wildman–Crippen MR) is 56.0 cm³/mol. The molecule has 1 atom stereocenters. The molecule has 2 saturated heterocycles. The maximum atomic E-state index is 11.7. The van der Waals surface area contributed by atoms with Crippen LogP contribution in [0.25, 0.3) is 0 Å². The Morgan fingerprint density at radius 1 is 1.29 bits per heavy atom. The summed E-state index contributed by atoms with van der Waals surface area (Å²) in [6.45, 7) is 5.45. The van der Waals surface area contributed by atoms with Gasteiger partial charge in [0.25, 0.3) is 0 Å². The second-order valence-corrected chi connectivity index (χ2v) is 4.89. The van der Waals surface area contributed by atoms with Crippen molar-refractivity contribution in [2.75, 3.05) is 26.7 Å². The van der Waals surface area contributed by atoms with E-state index >= 15 is 0 Å². The van der Waals surface area contributed by atoms with E-state index in [0.717, 1.165) is 38.9 Å². The molecule has 0 bridgehead atoms. The first kappa shape index (κ1) is 9.97. The molecular formula is C11H20N2O. The molecular weight excluding hydrogens is 176 g/mol. The van der Waals surface area contributed by atoms with Crippen molar-refractivity contribution in [3.05, 3.63) is 0 Å². The molecule has 0 radical (unpaired) electrons. The van der Waals surface area contributed by atoms with Crippen LogP contribution in [0.2, 0.25) is 0 Å². The normalized spacial score (nSPS) is 31.4. The van der Waals surface area contributed by atoms with Gasteiger partial charge in [0.15, 0.2) is 0 Å². The van der Waals surface area contributed by atoms with E-state index in [2.05, 4.69) is 23.8 Å². The molecule has 3 heteroatoms. The molecule has 0 aromatic heterocycles. The summed E-state index contributed by atoms with van der Waals surface area (Å²) in [6.07, 6.45) is 3.09. The van der Waals surface area contributed by atoms with Crippen LogP contribution < -0.4 is 0 Å². The summed E-state index contributed by atoms with van der Waals surface area (Å²) in [6, 6.07) is 0.531. The van der Waals surface area contributed by atoms with Crippen LogP contribution in [-0.4, -0.2) is 48.4 Å². The number of hydrogen-bond donors (Lipinski definition) is 0. The summed E-state index contributed by atoms with van der Waals surface area (Å²) in [5.41, 5.74) is 0. The molecule has 1 unspecified atom stereocenters. The molecule has 0 spiro atoms. The Morgan fingerprint density at radius 2 is 1.93 bits per heavy atom. The molecule has 3 nitrogen and oxygen atoms in total. The molecule has 0 saturated carbocycles. The number of likely N-dealkylation sites (tertiary alicyclic amines) is 2. The van der Waals surface area contributed by atoms with Gasteiger partial charge < -0.3 is 9.80 Å². The fraction of sp³-hybridized carbons (Fsp3) is 0.909. The van der Waals surface area contributed by atoms with Crippen molar-refractivity contribution in [3.8, 4) is 0 Å². The molecule has 2 fully saturated rings. The fourth-order valence-corrected chi connectivity index (χ4v) is 2.58. The number of nitrogens with zero attached hydrogens (tertiary/aromatic N) is 2. The Kier molecular flexibility index (Phi) is 2.77. The molecule has 2 heterocycles. The minimum atomic E-state index is 0.382. The first-order valence-corrected chi connectivity index (χ1v) is 5.65. The van der Waals surface area contributed by atoms with E-state index in [1.165, 1.54) is 0 Å². The lowest BCUT2D eigenvalue weighted by Crippen LogP contribution is -2.44. The Bertz CT molecular complexity index is 221. The topological polar surface area (TPSA) is 23.6 Å². The second kappa shape index (κ2) is 3.89. The number of hydrogen-bond acceptors (Lipinski definition) is 2. The van der Waals surface area contributed by atoms with Crippen molar-refractivity contribution in [1.29, 1.82) is 0 Å². The average molecular weight is 196 g/mol. The summed E-state index contributed by atoms with van der Waals surface area (Å²) in [5.74, 6) is 0.953. The van der Waals surface area contributed by atoms with Crippen molar-refractivity contribution in [3.63, 3.8) is 0 Å². The van der Waals surface area contributed by atoms with Gasteiger partial charge in [-0.15, -0.1) is 0 Å². The highest BCUT2D eigenvalue weighted by atomic mass is 16.2. The molecule has 0 aromatic rings. The van der Waals surface area contributed by atoms with Gasteiger partial charge in [-0.1, -0.05) is 6.92 Å². The molecule has 2 aliphatic rings. The Morgan fingerprint density at radius 3 is 2.43 bits per heavy atom. The lowest BCUT2D eigenvalue weighted by atomic mass is 10.0. The molecule has 14 heavy (non-hydrogen) atoms. The number of carbonyl (C=O) groups excluding carboxylic acids is 1. The molecule has 80 valence electrons. The van der Waals surface area contributed by atoms with Crippen LogP contribution in [0.3, 0.4) is 0 Å². The Hall–Kier alpha value is -0.570. The predicted octanol–water partition coefficient (Wildman–Crippen LogP) is 0.949. The van der Waals surface area contributed by atoms with E-state index in [1.54, 1.807) is 0 Å². The third-order valence-electron chi connectivity index (χ3n) is 3.48. The van der Waals surface area contributed by atoms with Gasteiger partial charge in [-0.05, 0) is 38.9 Å². The van der Waals surface area contributed by atoms with Crippen molar-refractivity contribution in [1.82, 2.24) is 9.80 Å². The Balaban J connectivity index is 1.92. The third kappa shape index (κ3) is 1.92. The van der Waals surface area contributed by atoms with Gasteiger partial charge in [-0.25, -0.2) is 0 Å². The van der Waals surface area contributed by atoms with E-state index in [0.29, 0.717) is 17.9 Å². The minimum absolute atomic E-state index is 0.382. The van der Waals surface area contributed by atoms with E-state index in [1.807, 2.05) is 0 Å². The highest BCUT2D eigenvalue weighted by Gasteiger charge is 2.33. The summed E-state index contributed by atoms with van der Waals surface area (Å²) < 4.78 is 0. The van der Waals surface area contributed by atoms with E-state index < -0.39 is 0 Å². The molecule has 2 aliphatic heterocycles. The highest BCUT2D eigenvalue weighted by molar-refractivity contribution is 5.78. The monoisotopic (exact) mass is 196 g/mol. The number of rotatable bonds is 1. The summed E-state index contributed by atoms with van der Waals surface area (Å²) >= 11 is 0. The lowest BCUT2D eigenvalue weighted by molar-refractivity contribution is -0.130. The van der Waals surface area contributed by atoms with Gasteiger partial charge in [-0.2, -0.15) is 0 Å². The van der Waals surface area contributed by atoms with Gasteiger partial charge in [0.05, 0.1) is 0 Å².